The Morgan fingerprint density at radius 2 is 1.09 bits per heavy atom. The summed E-state index contributed by atoms with van der Waals surface area (Å²) in [6.45, 7) is 0. The van der Waals surface area contributed by atoms with Crippen molar-refractivity contribution in [2.45, 2.75) is 25.7 Å². The lowest BCUT2D eigenvalue weighted by Crippen LogP contribution is -2.05. The first kappa shape index (κ1) is 23.1. The summed E-state index contributed by atoms with van der Waals surface area (Å²) >= 11 is 11.6. The molecule has 0 spiro atoms. The molecular weight excluding hydrogens is 470 g/mol. The fourth-order valence-electron chi connectivity index (χ4n) is 2.95. The summed E-state index contributed by atoms with van der Waals surface area (Å²) in [4.78, 5) is 8.72. The molecule has 5 heteroatoms. The van der Waals surface area contributed by atoms with Gasteiger partial charge < -0.3 is 0 Å². The minimum Gasteiger partial charge on any atom is -0.246 e. The lowest BCUT2D eigenvalue weighted by atomic mass is 10.3. The van der Waals surface area contributed by atoms with Crippen LogP contribution in [0.15, 0.2) is 135 Å². The molecule has 0 saturated carbocycles. The Hall–Kier alpha value is -2.11. The van der Waals surface area contributed by atoms with Crippen molar-refractivity contribution in [1.82, 2.24) is 0 Å². The second-order valence-corrected chi connectivity index (χ2v) is 11.3. The van der Waals surface area contributed by atoms with Gasteiger partial charge in [-0.25, -0.2) is 4.99 Å². The Morgan fingerprint density at radius 3 is 1.59 bits per heavy atom. The van der Waals surface area contributed by atoms with Gasteiger partial charge in [0.2, 0.25) is 0 Å². The van der Waals surface area contributed by atoms with Crippen molar-refractivity contribution in [3.05, 3.63) is 120 Å². The van der Waals surface area contributed by atoms with Gasteiger partial charge in [0, 0.05) is 26.1 Å². The summed E-state index contributed by atoms with van der Waals surface area (Å²) in [5.41, 5.74) is 0.918. The van der Waals surface area contributed by atoms with Gasteiger partial charge in [0.05, 0.1) is 15.3 Å². The highest BCUT2D eigenvalue weighted by Gasteiger charge is 2.17. The Balaban J connectivity index is 1.62. The summed E-state index contributed by atoms with van der Waals surface area (Å²) in [6, 6.07) is 39.3. The molecule has 0 saturated heterocycles. The van der Waals surface area contributed by atoms with Gasteiger partial charge in [0.1, 0.15) is 0 Å². The highest BCUT2D eigenvalue weighted by Crippen LogP contribution is 2.40. The van der Waals surface area contributed by atoms with Crippen LogP contribution in [0.5, 0.6) is 0 Å². The minimum atomic E-state index is 0.280. The second-order valence-electron chi connectivity index (χ2n) is 6.89. The fourth-order valence-corrected chi connectivity index (χ4v) is 6.83. The third kappa shape index (κ3) is 7.49. The highest BCUT2D eigenvalue weighted by molar-refractivity contribution is 8.17. The predicted octanol–water partition coefficient (Wildman–Crippen LogP) is 9.46. The first-order chi connectivity index (χ1) is 15.7. The van der Waals surface area contributed by atoms with Gasteiger partial charge >= 0.3 is 0 Å². The van der Waals surface area contributed by atoms with Crippen LogP contribution in [0.2, 0.25) is 5.02 Å². The summed E-state index contributed by atoms with van der Waals surface area (Å²) in [7, 11) is 0. The van der Waals surface area contributed by atoms with E-state index in [-0.39, 0.29) is 4.58 Å². The molecule has 4 rings (SSSR count). The maximum atomic E-state index is 6.08. The van der Waals surface area contributed by atoms with Gasteiger partial charge in [-0.05, 0) is 60.7 Å². The largest absolute Gasteiger partial charge is 0.246 e. The molecule has 0 heterocycles. The van der Waals surface area contributed by atoms with Crippen molar-refractivity contribution in [3.8, 4) is 0 Å². The Labute approximate surface area is 207 Å². The van der Waals surface area contributed by atoms with Crippen molar-refractivity contribution in [1.29, 1.82) is 0 Å². The maximum absolute atomic E-state index is 6.08. The molecule has 160 valence electrons. The Bertz CT molecular complexity index is 1080. The van der Waals surface area contributed by atoms with Crippen molar-refractivity contribution in [3.63, 3.8) is 0 Å². The molecular formula is C27H22ClNS3. The lowest BCUT2D eigenvalue weighted by Gasteiger charge is -2.18. The predicted molar refractivity (Wildman–Crippen MR) is 144 cm³/mol. The standard InChI is InChI=1S/C27H22ClNS3/c28-21-16-18-22(19-17-21)29-26(30-23-10-4-1-5-11-23)20-27(31-24-12-6-2-7-13-24)32-25-14-8-3-9-15-25/h1-19,27H,20H2. The summed E-state index contributed by atoms with van der Waals surface area (Å²) in [6.07, 6.45) is 0.835. The topological polar surface area (TPSA) is 12.4 Å². The Kier molecular flexibility index (Phi) is 8.80. The van der Waals surface area contributed by atoms with Crippen molar-refractivity contribution >= 4 is 57.6 Å². The molecule has 1 nitrogen and oxygen atoms in total. The normalized spacial score (nSPS) is 11.6. The molecule has 32 heavy (non-hydrogen) atoms. The van der Waals surface area contributed by atoms with E-state index in [9.17, 15) is 0 Å². The van der Waals surface area contributed by atoms with E-state index in [4.69, 9.17) is 16.6 Å². The molecule has 0 amide bonds. The maximum Gasteiger partial charge on any atom is 0.0806 e. The molecule has 0 atom stereocenters. The molecule has 0 aromatic heterocycles. The quantitative estimate of drug-likeness (QED) is 0.105. The van der Waals surface area contributed by atoms with Crippen LogP contribution in [0.25, 0.3) is 0 Å². The lowest BCUT2D eigenvalue weighted by molar-refractivity contribution is 1.23. The van der Waals surface area contributed by atoms with Gasteiger partial charge in [-0.15, -0.1) is 23.5 Å². The molecule has 0 radical (unpaired) electrons. The minimum absolute atomic E-state index is 0.280. The van der Waals surface area contributed by atoms with Crippen LogP contribution in [-0.4, -0.2) is 9.63 Å². The summed E-state index contributed by atoms with van der Waals surface area (Å²) < 4.78 is 0.280. The van der Waals surface area contributed by atoms with E-state index in [2.05, 4.69) is 84.9 Å². The van der Waals surface area contributed by atoms with E-state index in [1.54, 1.807) is 11.8 Å². The number of nitrogens with zero attached hydrogens (tertiary/aromatic N) is 1. The van der Waals surface area contributed by atoms with E-state index >= 15 is 0 Å². The molecule has 0 aliphatic heterocycles. The van der Waals surface area contributed by atoms with Gasteiger partial charge in [0.25, 0.3) is 0 Å². The number of halogens is 1. The number of aliphatic imine (C=N–C) groups is 1. The third-order valence-electron chi connectivity index (χ3n) is 4.42. The van der Waals surface area contributed by atoms with Crippen LogP contribution in [0.1, 0.15) is 6.42 Å². The van der Waals surface area contributed by atoms with E-state index in [1.165, 1.54) is 14.7 Å². The second kappa shape index (κ2) is 12.2. The van der Waals surface area contributed by atoms with E-state index in [0.717, 1.165) is 22.2 Å². The molecule has 0 bridgehead atoms. The number of rotatable bonds is 8. The molecule has 4 aromatic carbocycles. The van der Waals surface area contributed by atoms with Crippen LogP contribution >= 0.6 is 46.9 Å². The SMILES string of the molecule is Clc1ccc(N=C(CC(Sc2ccccc2)Sc2ccccc2)Sc2ccccc2)cc1. The molecule has 0 N–H and O–H groups in total. The monoisotopic (exact) mass is 491 g/mol. The van der Waals surface area contributed by atoms with Crippen LogP contribution in [0, 0.1) is 0 Å². The summed E-state index contributed by atoms with van der Waals surface area (Å²) in [5.74, 6) is 0. The molecule has 0 fully saturated rings. The van der Waals surface area contributed by atoms with Crippen molar-refractivity contribution in [2.75, 3.05) is 0 Å². The smallest absolute Gasteiger partial charge is 0.0806 e. The Morgan fingerprint density at radius 1 is 0.625 bits per heavy atom. The third-order valence-corrected chi connectivity index (χ3v) is 8.20. The van der Waals surface area contributed by atoms with E-state index in [1.807, 2.05) is 53.9 Å². The van der Waals surface area contributed by atoms with Crippen LogP contribution in [-0.2, 0) is 0 Å². The average Bonchev–Trinajstić information content (AvgIpc) is 2.82. The molecule has 0 aliphatic rings. The first-order valence-corrected chi connectivity index (χ1v) is 13.2. The van der Waals surface area contributed by atoms with E-state index in [0.29, 0.717) is 0 Å². The molecule has 0 aliphatic carbocycles. The average molecular weight is 492 g/mol. The zero-order chi connectivity index (χ0) is 22.0. The highest BCUT2D eigenvalue weighted by atomic mass is 35.5. The van der Waals surface area contributed by atoms with E-state index < -0.39 is 0 Å². The van der Waals surface area contributed by atoms with Crippen LogP contribution in [0.4, 0.5) is 5.69 Å². The number of hydrogen-bond donors (Lipinski definition) is 0. The van der Waals surface area contributed by atoms with Gasteiger partial charge in [-0.3, -0.25) is 0 Å². The number of hydrogen-bond acceptors (Lipinski definition) is 4. The van der Waals surface area contributed by atoms with Gasteiger partial charge in [-0.2, -0.15) is 0 Å². The van der Waals surface area contributed by atoms with Crippen LogP contribution in [0.3, 0.4) is 0 Å². The number of benzene rings is 4. The van der Waals surface area contributed by atoms with Crippen molar-refractivity contribution < 1.29 is 0 Å². The fraction of sp³-hybridized carbons (Fsp3) is 0.0741. The van der Waals surface area contributed by atoms with Gasteiger partial charge in [0.15, 0.2) is 0 Å². The van der Waals surface area contributed by atoms with Crippen molar-refractivity contribution in [2.24, 2.45) is 4.99 Å². The molecule has 4 aromatic rings. The zero-order valence-corrected chi connectivity index (χ0v) is 20.5. The zero-order valence-electron chi connectivity index (χ0n) is 17.3. The summed E-state index contributed by atoms with van der Waals surface area (Å²) in [5, 5.41) is 1.80. The first-order valence-electron chi connectivity index (χ1n) is 10.2. The number of thioether (sulfide) groups is 3. The van der Waals surface area contributed by atoms with Gasteiger partial charge in [-0.1, -0.05) is 78.0 Å². The molecule has 0 unspecified atom stereocenters. The van der Waals surface area contributed by atoms with Crippen LogP contribution < -0.4 is 0 Å².